The van der Waals surface area contributed by atoms with Crippen molar-refractivity contribution in [3.63, 3.8) is 0 Å². The van der Waals surface area contributed by atoms with Gasteiger partial charge in [0.1, 0.15) is 0 Å². The molecule has 1 saturated heterocycles. The number of likely N-dealkylation sites (tertiary alicyclic amines) is 1. The fraction of sp³-hybridized carbons (Fsp3) is 0.290. The number of carboxylic acid groups (broad SMARTS) is 1. The monoisotopic (exact) mass is 528 g/mol. The summed E-state index contributed by atoms with van der Waals surface area (Å²) in [6.45, 7) is 3.66. The molecular weight excluding hydrogens is 496 g/mol. The normalized spacial score (nSPS) is 15.4. The smallest absolute Gasteiger partial charge is 0.317 e. The molecule has 7 heteroatoms. The molecule has 4 aromatic rings. The molecule has 6 nitrogen and oxygen atoms in total. The average Bonchev–Trinajstić information content (AvgIpc) is 3.31. The average molecular weight is 529 g/mol. The summed E-state index contributed by atoms with van der Waals surface area (Å²) >= 11 is 6.05. The number of nitrogens with one attached hydrogen (secondary N) is 1. The second kappa shape index (κ2) is 11.9. The topological polar surface area (TPSA) is 70.4 Å². The van der Waals surface area contributed by atoms with Crippen LogP contribution in [-0.4, -0.2) is 45.4 Å². The van der Waals surface area contributed by atoms with Gasteiger partial charge in [-0.1, -0.05) is 84.4 Å². The summed E-state index contributed by atoms with van der Waals surface area (Å²) in [6, 6.07) is 29.5. The third-order valence-corrected chi connectivity index (χ3v) is 7.76. The second-order valence-corrected chi connectivity index (χ2v) is 10.4. The minimum absolute atomic E-state index is 0.00115. The fourth-order valence-corrected chi connectivity index (χ4v) is 5.63. The van der Waals surface area contributed by atoms with Gasteiger partial charge in [0, 0.05) is 35.3 Å². The Kier molecular flexibility index (Phi) is 8.23. The maximum atomic E-state index is 11.1. The van der Waals surface area contributed by atoms with Crippen LogP contribution in [-0.2, 0) is 29.8 Å². The summed E-state index contributed by atoms with van der Waals surface area (Å²) in [6.07, 6.45) is 4.08. The van der Waals surface area contributed by atoms with E-state index in [1.807, 2.05) is 35.1 Å². The van der Waals surface area contributed by atoms with Crippen molar-refractivity contribution in [3.8, 4) is 0 Å². The Bertz CT molecular complexity index is 1290. The van der Waals surface area contributed by atoms with Crippen LogP contribution < -0.4 is 5.32 Å². The van der Waals surface area contributed by atoms with Gasteiger partial charge in [0.2, 0.25) is 0 Å². The van der Waals surface area contributed by atoms with E-state index < -0.39 is 5.97 Å². The number of rotatable bonds is 10. The molecule has 0 aliphatic carbocycles. The van der Waals surface area contributed by atoms with E-state index in [2.05, 4.69) is 70.9 Å². The Hall–Kier alpha value is -3.45. The molecular formula is C31H33ClN4O2. The predicted octanol–water partition coefficient (Wildman–Crippen LogP) is 5.34. The SMILES string of the molecule is O=C(O)CNCc1cn(Cc2ccc(Cl)cc2)nc1CN1CCC(c2ccccc2)(c2ccccc2)CC1. The van der Waals surface area contributed by atoms with Gasteiger partial charge in [0.15, 0.2) is 0 Å². The summed E-state index contributed by atoms with van der Waals surface area (Å²) in [5.41, 5.74) is 5.88. The number of aliphatic carboxylic acids is 1. The summed E-state index contributed by atoms with van der Waals surface area (Å²) in [5, 5.41) is 17.7. The Morgan fingerprint density at radius 3 is 2.08 bits per heavy atom. The Morgan fingerprint density at radius 2 is 1.50 bits per heavy atom. The zero-order valence-corrected chi connectivity index (χ0v) is 22.1. The van der Waals surface area contributed by atoms with Gasteiger partial charge in [-0.2, -0.15) is 5.10 Å². The molecule has 0 amide bonds. The summed E-state index contributed by atoms with van der Waals surface area (Å²) in [7, 11) is 0. The minimum Gasteiger partial charge on any atom is -0.480 e. The van der Waals surface area contributed by atoms with Crippen molar-refractivity contribution < 1.29 is 9.90 Å². The number of nitrogens with zero attached hydrogens (tertiary/aromatic N) is 3. The molecule has 38 heavy (non-hydrogen) atoms. The van der Waals surface area contributed by atoms with E-state index in [-0.39, 0.29) is 12.0 Å². The highest BCUT2D eigenvalue weighted by molar-refractivity contribution is 6.30. The standard InChI is InChI=1S/C31H33ClN4O2/c32-28-13-11-24(12-14-28)21-36-22-25(19-33-20-30(37)38)29(34-36)23-35-17-15-31(16-18-35,26-7-3-1-4-8-26)27-9-5-2-6-10-27/h1-14,22,33H,15-21,23H2,(H,37,38). The second-order valence-electron chi connectivity index (χ2n) is 10.0. The van der Waals surface area contributed by atoms with Crippen LogP contribution in [0.5, 0.6) is 0 Å². The van der Waals surface area contributed by atoms with E-state index in [0.717, 1.165) is 49.3 Å². The van der Waals surface area contributed by atoms with Gasteiger partial charge in [0.05, 0.1) is 18.8 Å². The van der Waals surface area contributed by atoms with Gasteiger partial charge >= 0.3 is 5.97 Å². The molecule has 1 aliphatic rings. The molecule has 5 rings (SSSR count). The Balaban J connectivity index is 1.33. The van der Waals surface area contributed by atoms with Gasteiger partial charge in [0.25, 0.3) is 0 Å². The lowest BCUT2D eigenvalue weighted by atomic mass is 9.68. The number of piperidine rings is 1. The lowest BCUT2D eigenvalue weighted by molar-refractivity contribution is -0.136. The van der Waals surface area contributed by atoms with Crippen LogP contribution in [0.15, 0.2) is 91.1 Å². The number of halogens is 1. The van der Waals surface area contributed by atoms with E-state index in [1.54, 1.807) is 0 Å². The van der Waals surface area contributed by atoms with E-state index in [1.165, 1.54) is 11.1 Å². The highest BCUT2D eigenvalue weighted by Gasteiger charge is 2.37. The van der Waals surface area contributed by atoms with Crippen molar-refractivity contribution in [1.29, 1.82) is 0 Å². The highest BCUT2D eigenvalue weighted by Crippen LogP contribution is 2.41. The van der Waals surface area contributed by atoms with Crippen molar-refractivity contribution in [2.24, 2.45) is 0 Å². The molecule has 2 N–H and O–H groups in total. The van der Waals surface area contributed by atoms with Gasteiger partial charge in [-0.25, -0.2) is 0 Å². The summed E-state index contributed by atoms with van der Waals surface area (Å²) in [4.78, 5) is 13.5. The van der Waals surface area contributed by atoms with Crippen LogP contribution >= 0.6 is 11.6 Å². The molecule has 0 unspecified atom stereocenters. The van der Waals surface area contributed by atoms with Crippen LogP contribution in [0.2, 0.25) is 5.02 Å². The number of hydrogen-bond acceptors (Lipinski definition) is 4. The van der Waals surface area contributed by atoms with Gasteiger partial charge < -0.3 is 10.4 Å². The Labute approximate surface area is 228 Å². The molecule has 1 aromatic heterocycles. The maximum Gasteiger partial charge on any atom is 0.317 e. The van der Waals surface area contributed by atoms with Crippen LogP contribution in [0.25, 0.3) is 0 Å². The van der Waals surface area contributed by atoms with E-state index in [0.29, 0.717) is 18.1 Å². The highest BCUT2D eigenvalue weighted by atomic mass is 35.5. The zero-order valence-electron chi connectivity index (χ0n) is 21.4. The quantitative estimate of drug-likeness (QED) is 0.291. The molecule has 1 aliphatic heterocycles. The fourth-order valence-electron chi connectivity index (χ4n) is 5.51. The third kappa shape index (κ3) is 6.16. The van der Waals surface area contributed by atoms with Gasteiger partial charge in [-0.05, 0) is 54.8 Å². The minimum atomic E-state index is -0.866. The first-order valence-corrected chi connectivity index (χ1v) is 13.5. The van der Waals surface area contributed by atoms with Crippen molar-refractivity contribution in [2.75, 3.05) is 19.6 Å². The van der Waals surface area contributed by atoms with Crippen molar-refractivity contribution in [3.05, 3.63) is 124 Å². The van der Waals surface area contributed by atoms with Gasteiger partial charge in [-0.15, -0.1) is 0 Å². The first-order chi connectivity index (χ1) is 18.5. The van der Waals surface area contributed by atoms with Crippen LogP contribution in [0.1, 0.15) is 40.8 Å². The van der Waals surface area contributed by atoms with E-state index >= 15 is 0 Å². The van der Waals surface area contributed by atoms with E-state index in [4.69, 9.17) is 21.8 Å². The van der Waals surface area contributed by atoms with Gasteiger partial charge in [-0.3, -0.25) is 14.4 Å². The number of carbonyl (C=O) groups is 1. The van der Waals surface area contributed by atoms with Crippen LogP contribution in [0, 0.1) is 0 Å². The molecule has 0 spiro atoms. The molecule has 0 atom stereocenters. The lowest BCUT2D eigenvalue weighted by Crippen LogP contribution is -2.43. The van der Waals surface area contributed by atoms with Crippen LogP contribution in [0.4, 0.5) is 0 Å². The molecule has 0 radical (unpaired) electrons. The third-order valence-electron chi connectivity index (χ3n) is 7.51. The van der Waals surface area contributed by atoms with Crippen LogP contribution in [0.3, 0.4) is 0 Å². The first kappa shape index (κ1) is 26.2. The zero-order chi connectivity index (χ0) is 26.4. The first-order valence-electron chi connectivity index (χ1n) is 13.1. The molecule has 0 bridgehead atoms. The number of benzene rings is 3. The number of hydrogen-bond donors (Lipinski definition) is 2. The molecule has 3 aromatic carbocycles. The van der Waals surface area contributed by atoms with Crippen molar-refractivity contribution in [2.45, 2.75) is 37.9 Å². The maximum absolute atomic E-state index is 11.1. The molecule has 1 fully saturated rings. The van der Waals surface area contributed by atoms with E-state index in [9.17, 15) is 4.79 Å². The Morgan fingerprint density at radius 1 is 0.895 bits per heavy atom. The summed E-state index contributed by atoms with van der Waals surface area (Å²) in [5.74, 6) is -0.866. The lowest BCUT2D eigenvalue weighted by Gasteiger charge is -2.43. The molecule has 196 valence electrons. The largest absolute Gasteiger partial charge is 0.480 e. The number of carboxylic acids is 1. The summed E-state index contributed by atoms with van der Waals surface area (Å²) < 4.78 is 1.94. The molecule has 2 heterocycles. The van der Waals surface area contributed by atoms with Crippen molar-refractivity contribution >= 4 is 17.6 Å². The number of aromatic nitrogens is 2. The molecule has 0 saturated carbocycles. The predicted molar refractivity (Wildman–Crippen MR) is 150 cm³/mol. The van der Waals surface area contributed by atoms with Crippen molar-refractivity contribution in [1.82, 2.24) is 20.0 Å².